The molecule has 2 atom stereocenters. The molecule has 1 rings (SSSR count). The van der Waals surface area contributed by atoms with Crippen LogP contribution in [0.25, 0.3) is 0 Å². The smallest absolute Gasteiger partial charge is 0.211 e. The Labute approximate surface area is 125 Å². The summed E-state index contributed by atoms with van der Waals surface area (Å²) in [6, 6.07) is 0.178. The molecule has 0 radical (unpaired) electrons. The molecule has 1 aliphatic rings. The molecule has 5 heteroatoms. The fourth-order valence-corrected chi connectivity index (χ4v) is 4.46. The highest BCUT2D eigenvalue weighted by Gasteiger charge is 2.27. The summed E-state index contributed by atoms with van der Waals surface area (Å²) < 4.78 is 27.2. The Balaban J connectivity index is 2.26. The molecule has 0 aromatic carbocycles. The largest absolute Gasteiger partial charge is 0.317 e. The van der Waals surface area contributed by atoms with E-state index >= 15 is 0 Å². The van der Waals surface area contributed by atoms with Crippen LogP contribution in [0.2, 0.25) is 0 Å². The molecule has 1 aliphatic carbocycles. The number of rotatable bonds is 10. The minimum Gasteiger partial charge on any atom is -0.317 e. The van der Waals surface area contributed by atoms with E-state index in [1.54, 1.807) is 0 Å². The van der Waals surface area contributed by atoms with Gasteiger partial charge in [0, 0.05) is 6.04 Å². The van der Waals surface area contributed by atoms with Crippen LogP contribution < -0.4 is 10.0 Å². The summed E-state index contributed by atoms with van der Waals surface area (Å²) in [5.41, 5.74) is 0. The molecule has 0 amide bonds. The first-order valence-corrected chi connectivity index (χ1v) is 9.95. The number of nitrogens with one attached hydrogen (secondary N) is 2. The Kier molecular flexibility index (Phi) is 8.73. The maximum atomic E-state index is 12.1. The van der Waals surface area contributed by atoms with Gasteiger partial charge < -0.3 is 5.32 Å². The molecule has 0 bridgehead atoms. The van der Waals surface area contributed by atoms with Gasteiger partial charge in [0.25, 0.3) is 0 Å². The van der Waals surface area contributed by atoms with Gasteiger partial charge in [0.1, 0.15) is 0 Å². The maximum Gasteiger partial charge on any atom is 0.211 e. The molecular weight excluding hydrogens is 272 g/mol. The lowest BCUT2D eigenvalue weighted by Crippen LogP contribution is -2.42. The van der Waals surface area contributed by atoms with Gasteiger partial charge in [0.2, 0.25) is 10.0 Å². The molecule has 2 N–H and O–H groups in total. The van der Waals surface area contributed by atoms with E-state index in [1.807, 2.05) is 0 Å². The van der Waals surface area contributed by atoms with Crippen molar-refractivity contribution in [2.45, 2.75) is 71.3 Å². The Morgan fingerprint density at radius 3 is 2.50 bits per heavy atom. The van der Waals surface area contributed by atoms with Crippen molar-refractivity contribution in [1.82, 2.24) is 10.0 Å². The zero-order valence-corrected chi connectivity index (χ0v) is 14.0. The van der Waals surface area contributed by atoms with Gasteiger partial charge in [0.05, 0.1) is 5.75 Å². The Morgan fingerprint density at radius 2 is 1.80 bits per heavy atom. The van der Waals surface area contributed by atoms with Gasteiger partial charge >= 0.3 is 0 Å². The molecule has 1 saturated carbocycles. The minimum absolute atomic E-state index is 0.178. The average Bonchev–Trinajstić information content (AvgIpc) is 2.43. The number of hydrogen-bond donors (Lipinski definition) is 2. The van der Waals surface area contributed by atoms with Crippen LogP contribution in [0.4, 0.5) is 0 Å². The van der Waals surface area contributed by atoms with Gasteiger partial charge in [-0.05, 0) is 51.1 Å². The molecule has 0 aliphatic heterocycles. The van der Waals surface area contributed by atoms with Crippen molar-refractivity contribution >= 4 is 10.0 Å². The number of sulfonamides is 1. The topological polar surface area (TPSA) is 58.2 Å². The van der Waals surface area contributed by atoms with Crippen molar-refractivity contribution in [3.63, 3.8) is 0 Å². The van der Waals surface area contributed by atoms with Crippen LogP contribution in [0.5, 0.6) is 0 Å². The number of unbranched alkanes of at least 4 members (excludes halogenated alkanes) is 1. The molecule has 0 saturated heterocycles. The summed E-state index contributed by atoms with van der Waals surface area (Å²) in [5, 5.41) is 3.30. The Morgan fingerprint density at radius 1 is 1.05 bits per heavy atom. The van der Waals surface area contributed by atoms with E-state index < -0.39 is 10.0 Å². The zero-order chi connectivity index (χ0) is 14.8. The monoisotopic (exact) mass is 304 g/mol. The zero-order valence-electron chi connectivity index (χ0n) is 13.2. The third-order valence-corrected chi connectivity index (χ3v) is 5.70. The van der Waals surface area contributed by atoms with Crippen LogP contribution in [0, 0.1) is 5.92 Å². The van der Waals surface area contributed by atoms with E-state index in [0.717, 1.165) is 51.6 Å². The maximum absolute atomic E-state index is 12.1. The van der Waals surface area contributed by atoms with Crippen LogP contribution in [0.1, 0.15) is 65.2 Å². The molecule has 1 fully saturated rings. The SMILES string of the molecule is CCCNCCCCS(=O)(=O)NC1CCCCC1CC. The lowest BCUT2D eigenvalue weighted by molar-refractivity contribution is 0.282. The predicted molar refractivity (Wildman–Crippen MR) is 85.4 cm³/mol. The predicted octanol–water partition coefficient (Wildman–Crippen LogP) is 2.65. The molecule has 0 aromatic heterocycles. The highest BCUT2D eigenvalue weighted by Crippen LogP contribution is 2.27. The second kappa shape index (κ2) is 9.74. The standard InChI is InChI=1S/C15H32N2O2S/c1-3-11-16-12-7-8-13-20(18,19)17-15-10-6-5-9-14(15)4-2/h14-17H,3-13H2,1-2H3. The van der Waals surface area contributed by atoms with Crippen molar-refractivity contribution < 1.29 is 8.42 Å². The first kappa shape index (κ1) is 17.9. The summed E-state index contributed by atoms with van der Waals surface area (Å²) in [6.45, 7) is 6.24. The van der Waals surface area contributed by atoms with Crippen molar-refractivity contribution in [2.75, 3.05) is 18.8 Å². The minimum atomic E-state index is -3.09. The third kappa shape index (κ3) is 7.04. The quantitative estimate of drug-likeness (QED) is 0.610. The molecule has 4 nitrogen and oxygen atoms in total. The highest BCUT2D eigenvalue weighted by atomic mass is 32.2. The van der Waals surface area contributed by atoms with Gasteiger partial charge in [-0.3, -0.25) is 0 Å². The summed E-state index contributed by atoms with van der Waals surface area (Å²) in [7, 11) is -3.09. The first-order valence-electron chi connectivity index (χ1n) is 8.29. The summed E-state index contributed by atoms with van der Waals surface area (Å²) in [6.07, 6.45) is 8.47. The van der Waals surface area contributed by atoms with E-state index in [-0.39, 0.29) is 11.8 Å². The lowest BCUT2D eigenvalue weighted by atomic mass is 9.83. The molecule has 0 spiro atoms. The first-order chi connectivity index (χ1) is 9.59. The highest BCUT2D eigenvalue weighted by molar-refractivity contribution is 7.89. The van der Waals surface area contributed by atoms with E-state index in [0.29, 0.717) is 5.92 Å². The van der Waals surface area contributed by atoms with Crippen molar-refractivity contribution in [1.29, 1.82) is 0 Å². The normalized spacial score (nSPS) is 23.9. The Bertz CT molecular complexity index is 344. The molecule has 0 heterocycles. The van der Waals surface area contributed by atoms with Gasteiger partial charge in [-0.25, -0.2) is 13.1 Å². The molecule has 120 valence electrons. The van der Waals surface area contributed by atoms with Gasteiger partial charge in [-0.2, -0.15) is 0 Å². The van der Waals surface area contributed by atoms with Crippen LogP contribution >= 0.6 is 0 Å². The van der Waals surface area contributed by atoms with Crippen molar-refractivity contribution in [3.8, 4) is 0 Å². The van der Waals surface area contributed by atoms with Crippen molar-refractivity contribution in [2.24, 2.45) is 5.92 Å². The second-order valence-corrected chi connectivity index (χ2v) is 7.83. The molecule has 0 aromatic rings. The molecule has 20 heavy (non-hydrogen) atoms. The number of hydrogen-bond acceptors (Lipinski definition) is 3. The van der Waals surface area contributed by atoms with Crippen LogP contribution in [0.15, 0.2) is 0 Å². The molecular formula is C15H32N2O2S. The van der Waals surface area contributed by atoms with Gasteiger partial charge in [0.15, 0.2) is 0 Å². The van der Waals surface area contributed by atoms with Crippen molar-refractivity contribution in [3.05, 3.63) is 0 Å². The summed E-state index contributed by atoms with van der Waals surface area (Å²) in [4.78, 5) is 0. The fourth-order valence-electron chi connectivity index (χ4n) is 2.98. The van der Waals surface area contributed by atoms with Crippen LogP contribution in [0.3, 0.4) is 0 Å². The summed E-state index contributed by atoms with van der Waals surface area (Å²) in [5.74, 6) is 0.804. The van der Waals surface area contributed by atoms with Gasteiger partial charge in [-0.15, -0.1) is 0 Å². The van der Waals surface area contributed by atoms with E-state index in [1.165, 1.54) is 12.8 Å². The van der Waals surface area contributed by atoms with Gasteiger partial charge in [-0.1, -0.05) is 33.1 Å². The fraction of sp³-hybridized carbons (Fsp3) is 1.00. The van der Waals surface area contributed by atoms with E-state index in [2.05, 4.69) is 23.9 Å². The second-order valence-electron chi connectivity index (χ2n) is 5.95. The van der Waals surface area contributed by atoms with E-state index in [9.17, 15) is 8.42 Å². The molecule has 2 unspecified atom stereocenters. The van der Waals surface area contributed by atoms with Crippen LogP contribution in [-0.2, 0) is 10.0 Å². The van der Waals surface area contributed by atoms with Crippen LogP contribution in [-0.4, -0.2) is 33.3 Å². The lowest BCUT2D eigenvalue weighted by Gasteiger charge is -2.31. The average molecular weight is 305 g/mol. The van der Waals surface area contributed by atoms with E-state index in [4.69, 9.17) is 0 Å². The third-order valence-electron chi connectivity index (χ3n) is 4.21. The summed E-state index contributed by atoms with van der Waals surface area (Å²) >= 11 is 0. The Hall–Kier alpha value is -0.130.